The van der Waals surface area contributed by atoms with Crippen molar-refractivity contribution in [2.45, 2.75) is 39.0 Å². The molecule has 110 valence electrons. The summed E-state index contributed by atoms with van der Waals surface area (Å²) >= 11 is 0. The molecule has 4 heteroatoms. The fourth-order valence-corrected chi connectivity index (χ4v) is 2.82. The number of hydrogen-bond acceptors (Lipinski definition) is 3. The molecule has 2 aromatic rings. The van der Waals surface area contributed by atoms with E-state index < -0.39 is 0 Å². The molecule has 1 aromatic carbocycles. The predicted octanol–water partition coefficient (Wildman–Crippen LogP) is 3.52. The van der Waals surface area contributed by atoms with Gasteiger partial charge in [-0.3, -0.25) is 0 Å². The summed E-state index contributed by atoms with van der Waals surface area (Å²) in [5.41, 5.74) is 3.50. The number of nitrogens with one attached hydrogen (secondary N) is 1. The van der Waals surface area contributed by atoms with Gasteiger partial charge in [-0.15, -0.1) is 0 Å². The lowest BCUT2D eigenvalue weighted by molar-refractivity contribution is 0.627. The van der Waals surface area contributed by atoms with Crippen molar-refractivity contribution in [2.24, 2.45) is 0 Å². The van der Waals surface area contributed by atoms with E-state index >= 15 is 0 Å². The van der Waals surface area contributed by atoms with Crippen LogP contribution in [0.1, 0.15) is 42.4 Å². The van der Waals surface area contributed by atoms with Gasteiger partial charge in [0.2, 0.25) is 0 Å². The minimum absolute atomic E-state index is 0.210. The molecule has 0 amide bonds. The number of aromatic nitrogens is 2. The van der Waals surface area contributed by atoms with Crippen LogP contribution in [0.2, 0.25) is 0 Å². The largest absolute Gasteiger partial charge is 0.370 e. The zero-order valence-corrected chi connectivity index (χ0v) is 12.3. The Morgan fingerprint density at radius 3 is 2.62 bits per heavy atom. The normalized spacial score (nSPS) is 13.8. The highest BCUT2D eigenvalue weighted by Gasteiger charge is 2.17. The molecule has 0 atom stereocenters. The van der Waals surface area contributed by atoms with E-state index in [2.05, 4.69) is 17.2 Å². The van der Waals surface area contributed by atoms with Crippen LogP contribution in [0.15, 0.2) is 24.3 Å². The van der Waals surface area contributed by atoms with Gasteiger partial charge in [0.05, 0.1) is 0 Å². The summed E-state index contributed by atoms with van der Waals surface area (Å²) in [6, 6.07) is 6.56. The first-order chi connectivity index (χ1) is 10.3. The zero-order valence-electron chi connectivity index (χ0n) is 12.3. The Kier molecular flexibility index (Phi) is 4.13. The summed E-state index contributed by atoms with van der Waals surface area (Å²) in [4.78, 5) is 9.41. The Balaban J connectivity index is 1.91. The topological polar surface area (TPSA) is 37.8 Å². The summed E-state index contributed by atoms with van der Waals surface area (Å²) in [7, 11) is 0. The Labute approximate surface area is 124 Å². The average Bonchev–Trinajstić information content (AvgIpc) is 2.50. The zero-order chi connectivity index (χ0) is 14.7. The number of fused-ring (bicyclic) bond motifs is 1. The number of anilines is 1. The molecule has 0 saturated carbocycles. The number of nitrogens with zero attached hydrogens (tertiary/aromatic N) is 2. The lowest BCUT2D eigenvalue weighted by atomic mass is 9.96. The molecule has 0 aliphatic heterocycles. The summed E-state index contributed by atoms with van der Waals surface area (Å²) < 4.78 is 13.0. The highest BCUT2D eigenvalue weighted by molar-refractivity contribution is 5.48. The fraction of sp³-hybridized carbons (Fsp3) is 0.412. The monoisotopic (exact) mass is 285 g/mol. The van der Waals surface area contributed by atoms with Crippen LogP contribution in [0.4, 0.5) is 10.2 Å². The molecule has 1 N–H and O–H groups in total. The van der Waals surface area contributed by atoms with Gasteiger partial charge < -0.3 is 5.32 Å². The maximum Gasteiger partial charge on any atom is 0.135 e. The molecule has 21 heavy (non-hydrogen) atoms. The van der Waals surface area contributed by atoms with Crippen molar-refractivity contribution >= 4 is 5.82 Å². The molecule has 0 fully saturated rings. The second-order valence-electron chi connectivity index (χ2n) is 5.45. The molecule has 0 bridgehead atoms. The standard InChI is InChI=1S/C17H20FN3/c1-2-19-17-14-5-3-4-6-15(14)20-16(21-17)11-12-7-9-13(18)10-8-12/h7-10H,2-6,11H2,1H3,(H,19,20,21). The van der Waals surface area contributed by atoms with Gasteiger partial charge in [-0.05, 0) is 50.3 Å². The fourth-order valence-electron chi connectivity index (χ4n) is 2.82. The Morgan fingerprint density at radius 1 is 1.10 bits per heavy atom. The van der Waals surface area contributed by atoms with Crippen LogP contribution in [-0.2, 0) is 19.3 Å². The first-order valence-electron chi connectivity index (χ1n) is 7.63. The summed E-state index contributed by atoms with van der Waals surface area (Å²) in [5.74, 6) is 1.59. The maximum absolute atomic E-state index is 13.0. The van der Waals surface area contributed by atoms with E-state index in [1.54, 1.807) is 12.1 Å². The Hall–Kier alpha value is -1.97. The van der Waals surface area contributed by atoms with Crippen LogP contribution in [-0.4, -0.2) is 16.5 Å². The minimum Gasteiger partial charge on any atom is -0.370 e. The second-order valence-corrected chi connectivity index (χ2v) is 5.45. The molecule has 3 nitrogen and oxygen atoms in total. The van der Waals surface area contributed by atoms with Crippen LogP contribution < -0.4 is 5.32 Å². The molecule has 1 aromatic heterocycles. The lowest BCUT2D eigenvalue weighted by Gasteiger charge is -2.19. The molecule has 1 heterocycles. The number of benzene rings is 1. The second kappa shape index (κ2) is 6.20. The van der Waals surface area contributed by atoms with Crippen LogP contribution in [0.5, 0.6) is 0 Å². The number of aryl methyl sites for hydroxylation is 1. The van der Waals surface area contributed by atoms with Crippen molar-refractivity contribution < 1.29 is 4.39 Å². The van der Waals surface area contributed by atoms with Gasteiger partial charge in [0.1, 0.15) is 17.5 Å². The van der Waals surface area contributed by atoms with E-state index in [-0.39, 0.29) is 5.82 Å². The van der Waals surface area contributed by atoms with Crippen molar-refractivity contribution in [1.29, 1.82) is 0 Å². The number of hydrogen-bond donors (Lipinski definition) is 1. The van der Waals surface area contributed by atoms with Gasteiger partial charge in [-0.25, -0.2) is 14.4 Å². The quantitative estimate of drug-likeness (QED) is 0.934. The third-order valence-electron chi connectivity index (χ3n) is 3.85. The molecule has 0 spiro atoms. The molecule has 3 rings (SSSR count). The van der Waals surface area contributed by atoms with Crippen molar-refractivity contribution in [1.82, 2.24) is 9.97 Å². The maximum atomic E-state index is 13.0. The smallest absolute Gasteiger partial charge is 0.135 e. The average molecular weight is 285 g/mol. The first kappa shape index (κ1) is 14.0. The van der Waals surface area contributed by atoms with Gasteiger partial charge in [0.15, 0.2) is 0 Å². The molecular formula is C17H20FN3. The Morgan fingerprint density at radius 2 is 1.86 bits per heavy atom. The third-order valence-corrected chi connectivity index (χ3v) is 3.85. The summed E-state index contributed by atoms with van der Waals surface area (Å²) in [5, 5.41) is 3.36. The molecule has 0 radical (unpaired) electrons. The van der Waals surface area contributed by atoms with Crippen molar-refractivity contribution in [3.8, 4) is 0 Å². The third kappa shape index (κ3) is 3.20. The molecule has 0 saturated heterocycles. The molecule has 1 aliphatic rings. The van der Waals surface area contributed by atoms with Gasteiger partial charge in [-0.1, -0.05) is 12.1 Å². The number of rotatable bonds is 4. The minimum atomic E-state index is -0.210. The van der Waals surface area contributed by atoms with E-state index in [4.69, 9.17) is 4.98 Å². The summed E-state index contributed by atoms with van der Waals surface area (Å²) in [6.07, 6.45) is 5.16. The van der Waals surface area contributed by atoms with Gasteiger partial charge in [0.25, 0.3) is 0 Å². The van der Waals surface area contributed by atoms with E-state index in [0.717, 1.165) is 36.6 Å². The molecular weight excluding hydrogens is 265 g/mol. The van der Waals surface area contributed by atoms with E-state index in [9.17, 15) is 4.39 Å². The lowest BCUT2D eigenvalue weighted by Crippen LogP contribution is -2.15. The van der Waals surface area contributed by atoms with Crippen LogP contribution in [0, 0.1) is 5.82 Å². The van der Waals surface area contributed by atoms with Gasteiger partial charge in [-0.2, -0.15) is 0 Å². The van der Waals surface area contributed by atoms with Crippen molar-refractivity contribution in [3.63, 3.8) is 0 Å². The highest BCUT2D eigenvalue weighted by Crippen LogP contribution is 2.26. The van der Waals surface area contributed by atoms with E-state index in [1.807, 2.05) is 0 Å². The SMILES string of the molecule is CCNc1nc(Cc2ccc(F)cc2)nc2c1CCCC2. The molecule has 1 aliphatic carbocycles. The predicted molar refractivity (Wildman–Crippen MR) is 82.0 cm³/mol. The molecule has 0 unspecified atom stereocenters. The van der Waals surface area contributed by atoms with Crippen molar-refractivity contribution in [2.75, 3.05) is 11.9 Å². The summed E-state index contributed by atoms with van der Waals surface area (Å²) in [6.45, 7) is 2.94. The Bertz CT molecular complexity index is 623. The van der Waals surface area contributed by atoms with Gasteiger partial charge in [0, 0.05) is 24.2 Å². The van der Waals surface area contributed by atoms with E-state index in [1.165, 1.54) is 36.2 Å². The first-order valence-corrected chi connectivity index (χ1v) is 7.63. The van der Waals surface area contributed by atoms with Gasteiger partial charge >= 0.3 is 0 Å². The van der Waals surface area contributed by atoms with Crippen LogP contribution >= 0.6 is 0 Å². The highest BCUT2D eigenvalue weighted by atomic mass is 19.1. The van der Waals surface area contributed by atoms with Crippen LogP contribution in [0.25, 0.3) is 0 Å². The van der Waals surface area contributed by atoms with Crippen molar-refractivity contribution in [3.05, 3.63) is 52.7 Å². The van der Waals surface area contributed by atoms with E-state index in [0.29, 0.717) is 6.42 Å². The number of halogens is 1. The van der Waals surface area contributed by atoms with Crippen LogP contribution in [0.3, 0.4) is 0 Å².